The molecule has 0 saturated carbocycles. The van der Waals surface area contributed by atoms with Gasteiger partial charge in [-0.15, -0.1) is 0 Å². The highest BCUT2D eigenvalue weighted by Gasteiger charge is 2.34. The number of hydrogen-bond donors (Lipinski definition) is 3. The summed E-state index contributed by atoms with van der Waals surface area (Å²) in [6.45, 7) is -0.145. The van der Waals surface area contributed by atoms with Gasteiger partial charge in [0.2, 0.25) is 0 Å². The summed E-state index contributed by atoms with van der Waals surface area (Å²) >= 11 is 0. The van der Waals surface area contributed by atoms with Crippen LogP contribution in [0.4, 0.5) is 33.3 Å². The Balaban J connectivity index is 1.51. The first-order valence-electron chi connectivity index (χ1n) is 12.3. The smallest absolute Gasteiger partial charge is 0.426 e. The van der Waals surface area contributed by atoms with Gasteiger partial charge in [0.25, 0.3) is 0 Å². The zero-order chi connectivity index (χ0) is 30.2. The van der Waals surface area contributed by atoms with Crippen molar-refractivity contribution in [2.45, 2.75) is 38.0 Å². The van der Waals surface area contributed by atoms with Crippen LogP contribution >= 0.6 is 0 Å². The summed E-state index contributed by atoms with van der Waals surface area (Å²) in [6, 6.07) is 13.0. The average Bonchev–Trinajstić information content (AvgIpc) is 2.88. The molecule has 3 aromatic carbocycles. The van der Waals surface area contributed by atoms with E-state index in [1.807, 2.05) is 0 Å². The van der Waals surface area contributed by atoms with Crippen molar-refractivity contribution in [1.82, 2.24) is 0 Å². The van der Waals surface area contributed by atoms with Gasteiger partial charge in [-0.2, -0.15) is 22.0 Å². The van der Waals surface area contributed by atoms with Crippen LogP contribution in [-0.4, -0.2) is 29.8 Å². The van der Waals surface area contributed by atoms with Gasteiger partial charge < -0.3 is 26.0 Å². The summed E-state index contributed by atoms with van der Waals surface area (Å²) in [6.07, 6.45) is -6.38. The third kappa shape index (κ3) is 9.52. The van der Waals surface area contributed by atoms with Crippen molar-refractivity contribution >= 4 is 29.4 Å². The lowest BCUT2D eigenvalue weighted by molar-refractivity contribution is -0.185. The standard InChI is InChI=1S/C29H27F5N2O5/c30-28(31,32)14-1-2-18-3-8-20(9-4-18)29(33,34)41-22-10-5-19(6-11-22)7-12-26(37)40-15-13-23-24(27(38)39)16-21(35)17-25(23)36/h3-12,16-17H,1-2,13-15,35-36H2,(H,38,39). The fraction of sp³-hybridized carbons (Fsp3) is 0.241. The van der Waals surface area contributed by atoms with Crippen molar-refractivity contribution in [3.05, 3.63) is 94.6 Å². The van der Waals surface area contributed by atoms with Gasteiger partial charge >= 0.3 is 24.2 Å². The second-order valence-electron chi connectivity index (χ2n) is 9.05. The lowest BCUT2D eigenvalue weighted by atomic mass is 10.0. The molecule has 0 aliphatic rings. The van der Waals surface area contributed by atoms with Crippen LogP contribution in [0.15, 0.2) is 66.7 Å². The number of carbonyl (C=O) groups excluding carboxylic acids is 1. The quantitative estimate of drug-likeness (QED) is 0.0988. The van der Waals surface area contributed by atoms with Crippen LogP contribution in [0.25, 0.3) is 6.08 Å². The maximum Gasteiger partial charge on any atom is 0.426 e. The first-order valence-corrected chi connectivity index (χ1v) is 12.3. The molecule has 0 aliphatic carbocycles. The number of rotatable bonds is 12. The Morgan fingerprint density at radius 1 is 0.902 bits per heavy atom. The topological polar surface area (TPSA) is 125 Å². The largest absolute Gasteiger partial charge is 0.478 e. The number of halogens is 5. The van der Waals surface area contributed by atoms with Crippen LogP contribution in [0.2, 0.25) is 0 Å². The van der Waals surface area contributed by atoms with E-state index >= 15 is 0 Å². The van der Waals surface area contributed by atoms with E-state index in [1.54, 1.807) is 0 Å². The highest BCUT2D eigenvalue weighted by Crippen LogP contribution is 2.32. The Morgan fingerprint density at radius 2 is 1.56 bits per heavy atom. The lowest BCUT2D eigenvalue weighted by Gasteiger charge is -2.18. The molecule has 0 atom stereocenters. The average molecular weight is 579 g/mol. The molecular formula is C29H27F5N2O5. The van der Waals surface area contributed by atoms with Crippen LogP contribution in [0.5, 0.6) is 5.75 Å². The minimum absolute atomic E-state index is 0.0500. The van der Waals surface area contributed by atoms with Crippen LogP contribution < -0.4 is 16.2 Å². The number of nitrogen functional groups attached to an aromatic ring is 2. The predicted octanol–water partition coefficient (Wildman–Crippen LogP) is 6.36. The second kappa shape index (κ2) is 13.2. The van der Waals surface area contributed by atoms with Crippen molar-refractivity contribution in [2.75, 3.05) is 18.1 Å². The number of esters is 1. The van der Waals surface area contributed by atoms with Gasteiger partial charge in [-0.3, -0.25) is 0 Å². The molecule has 0 aliphatic heterocycles. The number of nitrogens with two attached hydrogens (primary N) is 2. The maximum absolute atomic E-state index is 14.6. The Bertz CT molecular complexity index is 1390. The zero-order valence-corrected chi connectivity index (χ0v) is 21.6. The fourth-order valence-corrected chi connectivity index (χ4v) is 3.87. The number of ether oxygens (including phenoxy) is 2. The molecule has 0 heterocycles. The van der Waals surface area contributed by atoms with Crippen molar-refractivity contribution in [1.29, 1.82) is 0 Å². The summed E-state index contributed by atoms with van der Waals surface area (Å²) in [5.41, 5.74) is 12.6. The number of carbonyl (C=O) groups is 2. The first kappa shape index (κ1) is 30.9. The molecule has 41 heavy (non-hydrogen) atoms. The third-order valence-corrected chi connectivity index (χ3v) is 5.89. The Morgan fingerprint density at radius 3 is 2.17 bits per heavy atom. The normalized spacial score (nSPS) is 11.9. The highest BCUT2D eigenvalue weighted by molar-refractivity contribution is 5.92. The van der Waals surface area contributed by atoms with Crippen LogP contribution in [0, 0.1) is 0 Å². The van der Waals surface area contributed by atoms with E-state index in [2.05, 4.69) is 0 Å². The fourth-order valence-electron chi connectivity index (χ4n) is 3.87. The van der Waals surface area contributed by atoms with Crippen molar-refractivity contribution < 1.29 is 46.1 Å². The molecule has 0 aromatic heterocycles. The summed E-state index contributed by atoms with van der Waals surface area (Å²) in [7, 11) is 0. The Kier molecular flexibility index (Phi) is 9.93. The van der Waals surface area contributed by atoms with E-state index in [0.717, 1.165) is 18.2 Å². The molecule has 0 bridgehead atoms. The Hall–Kier alpha value is -4.61. The third-order valence-electron chi connectivity index (χ3n) is 5.89. The van der Waals surface area contributed by atoms with Gasteiger partial charge in [-0.1, -0.05) is 24.3 Å². The zero-order valence-electron chi connectivity index (χ0n) is 21.6. The number of carboxylic acid groups (broad SMARTS) is 1. The van der Waals surface area contributed by atoms with Gasteiger partial charge in [-0.25, -0.2) is 9.59 Å². The molecule has 0 radical (unpaired) electrons. The van der Waals surface area contributed by atoms with Crippen molar-refractivity contribution in [3.63, 3.8) is 0 Å². The van der Waals surface area contributed by atoms with Gasteiger partial charge in [0.1, 0.15) is 5.75 Å². The van der Waals surface area contributed by atoms with Crippen molar-refractivity contribution in [2.24, 2.45) is 0 Å². The van der Waals surface area contributed by atoms with Gasteiger partial charge in [0, 0.05) is 30.3 Å². The monoisotopic (exact) mass is 578 g/mol. The van der Waals surface area contributed by atoms with E-state index in [1.165, 1.54) is 54.6 Å². The van der Waals surface area contributed by atoms with Gasteiger partial charge in [-0.05, 0) is 72.0 Å². The Labute approximate surface area is 232 Å². The number of carboxylic acids is 1. The number of anilines is 2. The molecule has 0 saturated heterocycles. The van der Waals surface area contributed by atoms with Crippen LogP contribution in [-0.2, 0) is 28.5 Å². The SMILES string of the molecule is Nc1cc(N)c(CCOC(=O)C=Cc2ccc(OC(F)(F)c3ccc(CCCC(F)(F)F)cc3)cc2)c(C(=O)O)c1. The molecule has 3 rings (SSSR count). The van der Waals surface area contributed by atoms with Gasteiger partial charge in [0.15, 0.2) is 0 Å². The molecular weight excluding hydrogens is 551 g/mol. The van der Waals surface area contributed by atoms with E-state index in [0.29, 0.717) is 11.1 Å². The van der Waals surface area contributed by atoms with E-state index < -0.39 is 36.2 Å². The summed E-state index contributed by atoms with van der Waals surface area (Å²) in [5, 5.41) is 9.32. The molecule has 0 fully saturated rings. The maximum atomic E-state index is 14.6. The first-order chi connectivity index (χ1) is 19.2. The molecule has 7 nitrogen and oxygen atoms in total. The number of aromatic carboxylic acids is 1. The van der Waals surface area contributed by atoms with E-state index in [-0.39, 0.29) is 54.1 Å². The number of benzene rings is 3. The second-order valence-corrected chi connectivity index (χ2v) is 9.05. The van der Waals surface area contributed by atoms with E-state index in [4.69, 9.17) is 20.9 Å². The number of aryl methyl sites for hydroxylation is 1. The number of hydrogen-bond acceptors (Lipinski definition) is 6. The van der Waals surface area contributed by atoms with E-state index in [9.17, 15) is 36.6 Å². The molecule has 0 spiro atoms. The molecule has 5 N–H and O–H groups in total. The number of alkyl halides is 5. The van der Waals surface area contributed by atoms with Crippen molar-refractivity contribution in [3.8, 4) is 5.75 Å². The molecule has 218 valence electrons. The molecule has 12 heteroatoms. The minimum atomic E-state index is -4.26. The van der Waals surface area contributed by atoms with Crippen LogP contribution in [0.1, 0.15) is 45.5 Å². The summed E-state index contributed by atoms with van der Waals surface area (Å²) in [5.74, 6) is -2.09. The molecule has 3 aromatic rings. The summed E-state index contributed by atoms with van der Waals surface area (Å²) < 4.78 is 75.9. The molecule has 0 amide bonds. The molecule has 0 unspecified atom stereocenters. The van der Waals surface area contributed by atoms with Gasteiger partial charge in [0.05, 0.1) is 17.7 Å². The van der Waals surface area contributed by atoms with Crippen LogP contribution in [0.3, 0.4) is 0 Å². The predicted molar refractivity (Wildman–Crippen MR) is 142 cm³/mol. The summed E-state index contributed by atoms with van der Waals surface area (Å²) in [4.78, 5) is 23.5. The highest BCUT2D eigenvalue weighted by atomic mass is 19.4. The minimum Gasteiger partial charge on any atom is -0.478 e. The lowest BCUT2D eigenvalue weighted by Crippen LogP contribution is -2.21.